The van der Waals surface area contributed by atoms with Gasteiger partial charge in [-0.15, -0.1) is 0 Å². The number of likely N-dealkylation sites (tertiary alicyclic amines) is 1. The fraction of sp³-hybridized carbons (Fsp3) is 0.556. The van der Waals surface area contributed by atoms with Crippen LogP contribution in [0.2, 0.25) is 5.02 Å². The number of carbonyl (C=O) groups is 2. The van der Waals surface area contributed by atoms with Crippen molar-refractivity contribution in [3.8, 4) is 0 Å². The standard InChI is InChI=1S/C18H24ClN3O3/c1-20(12-17(23)24)13-6-9-21(10-7-13)16-8-11-22(18(16)25)15-5-3-2-4-14(15)19/h2-5,13,16H,6-12H2,1H3,(H,23,24). The fourth-order valence-corrected chi connectivity index (χ4v) is 4.13. The predicted octanol–water partition coefficient (Wildman–Crippen LogP) is 1.93. The molecule has 0 aromatic heterocycles. The molecular weight excluding hydrogens is 342 g/mol. The van der Waals surface area contributed by atoms with Gasteiger partial charge < -0.3 is 10.0 Å². The highest BCUT2D eigenvalue weighted by Gasteiger charge is 2.38. The second kappa shape index (κ2) is 7.72. The first-order valence-corrected chi connectivity index (χ1v) is 9.07. The van der Waals surface area contributed by atoms with E-state index in [-0.39, 0.29) is 24.5 Å². The van der Waals surface area contributed by atoms with E-state index in [1.807, 2.05) is 30.1 Å². The van der Waals surface area contributed by atoms with Gasteiger partial charge in [-0.1, -0.05) is 23.7 Å². The minimum absolute atomic E-state index is 0.0628. The van der Waals surface area contributed by atoms with Crippen LogP contribution < -0.4 is 4.90 Å². The topological polar surface area (TPSA) is 64.1 Å². The molecule has 1 aromatic carbocycles. The average molecular weight is 366 g/mol. The minimum atomic E-state index is -0.800. The summed E-state index contributed by atoms with van der Waals surface area (Å²) in [7, 11) is 1.86. The molecule has 1 amide bonds. The van der Waals surface area contributed by atoms with E-state index < -0.39 is 5.97 Å². The highest BCUT2D eigenvalue weighted by molar-refractivity contribution is 6.33. The Morgan fingerprint density at radius 1 is 1.24 bits per heavy atom. The van der Waals surface area contributed by atoms with Gasteiger partial charge >= 0.3 is 5.97 Å². The number of amides is 1. The summed E-state index contributed by atoms with van der Waals surface area (Å²) in [6, 6.07) is 7.62. The van der Waals surface area contributed by atoms with E-state index in [9.17, 15) is 9.59 Å². The fourth-order valence-electron chi connectivity index (χ4n) is 3.89. The highest BCUT2D eigenvalue weighted by Crippen LogP contribution is 2.31. The molecule has 0 saturated carbocycles. The second-order valence-corrected chi connectivity index (χ2v) is 7.23. The molecule has 6 nitrogen and oxygen atoms in total. The summed E-state index contributed by atoms with van der Waals surface area (Å²) >= 11 is 6.24. The van der Waals surface area contributed by atoms with Gasteiger partial charge in [-0.05, 0) is 38.4 Å². The van der Waals surface area contributed by atoms with Crippen LogP contribution in [0.3, 0.4) is 0 Å². The molecule has 0 bridgehead atoms. The van der Waals surface area contributed by atoms with E-state index in [4.69, 9.17) is 16.7 Å². The molecular formula is C18H24ClN3O3. The van der Waals surface area contributed by atoms with Gasteiger partial charge in [0, 0.05) is 25.7 Å². The molecule has 2 aliphatic heterocycles. The Morgan fingerprint density at radius 3 is 2.56 bits per heavy atom. The molecule has 0 spiro atoms. The smallest absolute Gasteiger partial charge is 0.317 e. The summed E-state index contributed by atoms with van der Waals surface area (Å²) < 4.78 is 0. The van der Waals surface area contributed by atoms with Crippen molar-refractivity contribution in [1.82, 2.24) is 9.80 Å². The van der Waals surface area contributed by atoms with E-state index in [0.29, 0.717) is 11.6 Å². The van der Waals surface area contributed by atoms with Crippen LogP contribution in [0.15, 0.2) is 24.3 Å². The molecule has 0 aliphatic carbocycles. The number of anilines is 1. The highest BCUT2D eigenvalue weighted by atomic mass is 35.5. The van der Waals surface area contributed by atoms with Gasteiger partial charge in [0.1, 0.15) is 0 Å². The van der Waals surface area contributed by atoms with E-state index in [2.05, 4.69) is 4.90 Å². The van der Waals surface area contributed by atoms with Gasteiger partial charge in [-0.25, -0.2) is 0 Å². The van der Waals surface area contributed by atoms with Crippen molar-refractivity contribution in [3.63, 3.8) is 0 Å². The lowest BCUT2D eigenvalue weighted by atomic mass is 10.0. The van der Waals surface area contributed by atoms with Crippen molar-refractivity contribution in [2.75, 3.05) is 38.1 Å². The summed E-state index contributed by atoms with van der Waals surface area (Å²) in [6.45, 7) is 2.39. The zero-order chi connectivity index (χ0) is 18.0. The van der Waals surface area contributed by atoms with Crippen molar-refractivity contribution >= 4 is 29.2 Å². The number of benzene rings is 1. The van der Waals surface area contributed by atoms with Crippen LogP contribution in [-0.4, -0.2) is 72.1 Å². The first-order valence-electron chi connectivity index (χ1n) is 8.69. The maximum atomic E-state index is 12.9. The summed E-state index contributed by atoms with van der Waals surface area (Å²) in [5.74, 6) is -0.684. The Labute approximate surface area is 152 Å². The third-order valence-electron chi connectivity index (χ3n) is 5.27. The van der Waals surface area contributed by atoms with Crippen molar-refractivity contribution in [1.29, 1.82) is 0 Å². The van der Waals surface area contributed by atoms with Gasteiger partial charge in [-0.3, -0.25) is 19.4 Å². The van der Waals surface area contributed by atoms with Gasteiger partial charge in [0.05, 0.1) is 23.3 Å². The van der Waals surface area contributed by atoms with Crippen LogP contribution >= 0.6 is 11.6 Å². The molecule has 3 rings (SSSR count). The number of carbonyl (C=O) groups excluding carboxylic acids is 1. The number of carboxylic acid groups (broad SMARTS) is 1. The van der Waals surface area contributed by atoms with Crippen LogP contribution in [0.25, 0.3) is 0 Å². The van der Waals surface area contributed by atoms with Crippen LogP contribution in [0.5, 0.6) is 0 Å². The van der Waals surface area contributed by atoms with Crippen LogP contribution in [0.4, 0.5) is 5.69 Å². The SMILES string of the molecule is CN(CC(=O)O)C1CCN(C2CCN(c3ccccc3Cl)C2=O)CC1. The Bertz CT molecular complexity index is 646. The number of para-hydroxylation sites is 1. The summed E-state index contributed by atoms with van der Waals surface area (Å²) in [5.41, 5.74) is 0.785. The molecule has 7 heteroatoms. The number of piperidine rings is 1. The normalized spacial score (nSPS) is 22.8. The lowest BCUT2D eigenvalue weighted by molar-refractivity contribution is -0.138. The average Bonchev–Trinajstić information content (AvgIpc) is 2.96. The van der Waals surface area contributed by atoms with Gasteiger partial charge in [0.2, 0.25) is 5.91 Å². The predicted molar refractivity (Wildman–Crippen MR) is 97.1 cm³/mol. The summed E-state index contributed by atoms with van der Waals surface area (Å²) in [4.78, 5) is 29.6. The van der Waals surface area contributed by atoms with Crippen LogP contribution in [0, 0.1) is 0 Å². The van der Waals surface area contributed by atoms with Crippen molar-refractivity contribution in [3.05, 3.63) is 29.3 Å². The molecule has 2 saturated heterocycles. The lowest BCUT2D eigenvalue weighted by Gasteiger charge is -2.38. The van der Waals surface area contributed by atoms with Gasteiger partial charge in [-0.2, -0.15) is 0 Å². The molecule has 1 atom stereocenters. The first-order chi connectivity index (χ1) is 12.0. The number of aliphatic carboxylic acids is 1. The van der Waals surface area contributed by atoms with Gasteiger partial charge in [0.15, 0.2) is 0 Å². The maximum Gasteiger partial charge on any atom is 0.317 e. The maximum absolute atomic E-state index is 12.9. The Balaban J connectivity index is 1.59. The zero-order valence-corrected chi connectivity index (χ0v) is 15.2. The Kier molecular flexibility index (Phi) is 5.61. The van der Waals surface area contributed by atoms with E-state index in [0.717, 1.165) is 38.0 Å². The molecule has 2 fully saturated rings. The number of hydrogen-bond acceptors (Lipinski definition) is 4. The molecule has 25 heavy (non-hydrogen) atoms. The second-order valence-electron chi connectivity index (χ2n) is 6.82. The van der Waals surface area contributed by atoms with E-state index in [1.165, 1.54) is 0 Å². The summed E-state index contributed by atoms with van der Waals surface area (Å²) in [6.07, 6.45) is 2.58. The van der Waals surface area contributed by atoms with Crippen LogP contribution in [0.1, 0.15) is 19.3 Å². The van der Waals surface area contributed by atoms with E-state index >= 15 is 0 Å². The van der Waals surface area contributed by atoms with Crippen LogP contribution in [-0.2, 0) is 9.59 Å². The van der Waals surface area contributed by atoms with Crippen molar-refractivity contribution in [2.45, 2.75) is 31.3 Å². The molecule has 0 radical (unpaired) electrons. The number of likely N-dealkylation sites (N-methyl/N-ethyl adjacent to an activating group) is 1. The zero-order valence-electron chi connectivity index (χ0n) is 14.4. The third kappa shape index (κ3) is 3.97. The Hall–Kier alpha value is -1.63. The number of nitrogens with zero attached hydrogens (tertiary/aromatic N) is 3. The molecule has 136 valence electrons. The molecule has 1 aromatic rings. The first kappa shape index (κ1) is 18.2. The molecule has 2 aliphatic rings. The monoisotopic (exact) mass is 365 g/mol. The Morgan fingerprint density at radius 2 is 1.92 bits per heavy atom. The van der Waals surface area contributed by atoms with Gasteiger partial charge in [0.25, 0.3) is 0 Å². The number of hydrogen-bond donors (Lipinski definition) is 1. The number of rotatable bonds is 5. The quantitative estimate of drug-likeness (QED) is 0.863. The van der Waals surface area contributed by atoms with Crippen molar-refractivity contribution in [2.24, 2.45) is 0 Å². The molecule has 1 unspecified atom stereocenters. The van der Waals surface area contributed by atoms with E-state index in [1.54, 1.807) is 11.0 Å². The number of carboxylic acids is 1. The molecule has 2 heterocycles. The minimum Gasteiger partial charge on any atom is -0.480 e. The largest absolute Gasteiger partial charge is 0.480 e. The third-order valence-corrected chi connectivity index (χ3v) is 5.59. The van der Waals surface area contributed by atoms with Crippen molar-refractivity contribution < 1.29 is 14.7 Å². The number of halogens is 1. The summed E-state index contributed by atoms with van der Waals surface area (Å²) in [5, 5.41) is 9.52. The molecule has 1 N–H and O–H groups in total. The lowest BCUT2D eigenvalue weighted by Crippen LogP contribution is -2.50.